The van der Waals surface area contributed by atoms with Crippen molar-refractivity contribution < 1.29 is 4.79 Å². The number of rotatable bonds is 1. The molecule has 2 aromatic heterocycles. The number of hydrogen-bond acceptors (Lipinski definition) is 4. The monoisotopic (exact) mass is 243 g/mol. The molecule has 2 heterocycles. The highest BCUT2D eigenvalue weighted by atomic mass is 32.1. The molecule has 0 saturated heterocycles. The molecule has 4 N–H and O–H groups in total. The molecular formula is C12H9N3OS. The lowest BCUT2D eigenvalue weighted by molar-refractivity contribution is 0.100. The van der Waals surface area contributed by atoms with Crippen LogP contribution in [0.2, 0.25) is 0 Å². The Morgan fingerprint density at radius 2 is 2.00 bits per heavy atom. The molecule has 1 amide bonds. The van der Waals surface area contributed by atoms with Gasteiger partial charge in [0.2, 0.25) is 0 Å². The molecule has 84 valence electrons. The van der Waals surface area contributed by atoms with Gasteiger partial charge in [-0.1, -0.05) is 18.2 Å². The Morgan fingerprint density at radius 3 is 2.76 bits per heavy atom. The molecule has 0 bridgehead atoms. The number of hydrogen-bond donors (Lipinski definition) is 2. The zero-order valence-corrected chi connectivity index (χ0v) is 9.62. The highest BCUT2D eigenvalue weighted by Crippen LogP contribution is 2.36. The van der Waals surface area contributed by atoms with Crippen LogP contribution in [0, 0.1) is 0 Å². The fourth-order valence-electron chi connectivity index (χ4n) is 1.88. The predicted octanol–water partition coefficient (Wildman–Crippen LogP) is 2.13. The molecule has 0 aliphatic carbocycles. The zero-order valence-electron chi connectivity index (χ0n) is 8.81. The minimum absolute atomic E-state index is 0.401. The summed E-state index contributed by atoms with van der Waals surface area (Å²) in [7, 11) is 0. The zero-order chi connectivity index (χ0) is 12.0. The fourth-order valence-corrected chi connectivity index (χ4v) is 2.96. The van der Waals surface area contributed by atoms with Crippen LogP contribution in [0.15, 0.2) is 30.5 Å². The van der Waals surface area contributed by atoms with Crippen LogP contribution in [-0.4, -0.2) is 10.9 Å². The molecule has 3 rings (SSSR count). The summed E-state index contributed by atoms with van der Waals surface area (Å²) in [6, 6.07) is 7.75. The summed E-state index contributed by atoms with van der Waals surface area (Å²) in [5.74, 6) is -0.493. The number of carbonyl (C=O) groups is 1. The topological polar surface area (TPSA) is 82.0 Å². The summed E-state index contributed by atoms with van der Waals surface area (Å²) in [5, 5.41) is 1.79. The minimum atomic E-state index is -0.493. The molecule has 4 nitrogen and oxygen atoms in total. The highest BCUT2D eigenvalue weighted by molar-refractivity contribution is 7.22. The Bertz CT molecular complexity index is 748. The molecule has 0 aliphatic rings. The number of fused-ring (bicyclic) bond motifs is 3. The first-order chi connectivity index (χ1) is 8.18. The highest BCUT2D eigenvalue weighted by Gasteiger charge is 2.15. The van der Waals surface area contributed by atoms with E-state index in [4.69, 9.17) is 11.5 Å². The minimum Gasteiger partial charge on any atom is -0.397 e. The fraction of sp³-hybridized carbons (Fsp3) is 0. The van der Waals surface area contributed by atoms with Crippen LogP contribution in [-0.2, 0) is 0 Å². The Balaban J connectivity index is 2.51. The maximum atomic E-state index is 11.3. The Labute approximate surface area is 101 Å². The third-order valence-corrected chi connectivity index (χ3v) is 3.96. The molecular weight excluding hydrogens is 234 g/mol. The standard InChI is InChI=1S/C12H9N3OS/c13-9-7-5-15-8-4-2-1-3-6(8)10(7)17-11(9)12(14)16/h1-5H,13H2,(H2,14,16). The first kappa shape index (κ1) is 10.0. The second-order valence-corrected chi connectivity index (χ2v) is 4.75. The van der Waals surface area contributed by atoms with Crippen molar-refractivity contribution in [2.45, 2.75) is 0 Å². The smallest absolute Gasteiger partial charge is 0.260 e. The lowest BCUT2D eigenvalue weighted by Crippen LogP contribution is -2.10. The van der Waals surface area contributed by atoms with Gasteiger partial charge in [0, 0.05) is 21.7 Å². The molecule has 5 heteroatoms. The van der Waals surface area contributed by atoms with E-state index in [2.05, 4.69) is 4.98 Å². The van der Waals surface area contributed by atoms with Gasteiger partial charge in [-0.15, -0.1) is 11.3 Å². The van der Waals surface area contributed by atoms with E-state index in [9.17, 15) is 4.79 Å². The molecule has 17 heavy (non-hydrogen) atoms. The van der Waals surface area contributed by atoms with Crippen molar-refractivity contribution in [3.05, 3.63) is 35.3 Å². The molecule has 0 unspecified atom stereocenters. The molecule has 1 aromatic carbocycles. The maximum Gasteiger partial charge on any atom is 0.260 e. The quantitative estimate of drug-likeness (QED) is 0.686. The van der Waals surface area contributed by atoms with E-state index in [0.29, 0.717) is 10.6 Å². The molecule has 0 radical (unpaired) electrons. The van der Waals surface area contributed by atoms with E-state index >= 15 is 0 Å². The number of nitrogens with two attached hydrogens (primary N) is 2. The number of nitrogen functional groups attached to an aromatic ring is 1. The number of anilines is 1. The van der Waals surface area contributed by atoms with Crippen LogP contribution in [0.5, 0.6) is 0 Å². The molecule has 0 spiro atoms. The van der Waals surface area contributed by atoms with Gasteiger partial charge in [0.1, 0.15) is 4.88 Å². The largest absolute Gasteiger partial charge is 0.397 e. The summed E-state index contributed by atoms with van der Waals surface area (Å²) in [5.41, 5.74) is 12.5. The second kappa shape index (κ2) is 3.43. The number of para-hydroxylation sites is 1. The Hall–Kier alpha value is -2.14. The van der Waals surface area contributed by atoms with E-state index in [-0.39, 0.29) is 0 Å². The number of benzene rings is 1. The summed E-state index contributed by atoms with van der Waals surface area (Å²) < 4.78 is 0.960. The van der Waals surface area contributed by atoms with Gasteiger partial charge >= 0.3 is 0 Å². The normalized spacial score (nSPS) is 11.1. The van der Waals surface area contributed by atoms with Crippen LogP contribution < -0.4 is 11.5 Å². The molecule has 0 atom stereocenters. The lowest BCUT2D eigenvalue weighted by Gasteiger charge is -1.97. The first-order valence-corrected chi connectivity index (χ1v) is 5.85. The van der Waals surface area contributed by atoms with Gasteiger partial charge in [0.05, 0.1) is 11.2 Å². The van der Waals surface area contributed by atoms with Crippen molar-refractivity contribution in [1.82, 2.24) is 4.98 Å². The summed E-state index contributed by atoms with van der Waals surface area (Å²) in [6.45, 7) is 0. The molecule has 0 fully saturated rings. The molecule has 0 saturated carbocycles. The SMILES string of the molecule is NC(=O)c1sc2c(cnc3ccccc32)c1N. The van der Waals surface area contributed by atoms with E-state index in [0.717, 1.165) is 21.0 Å². The summed E-state index contributed by atoms with van der Waals surface area (Å²) in [6.07, 6.45) is 1.69. The van der Waals surface area contributed by atoms with Crippen LogP contribution >= 0.6 is 11.3 Å². The molecule has 0 aliphatic heterocycles. The second-order valence-electron chi connectivity index (χ2n) is 3.73. The van der Waals surface area contributed by atoms with Gasteiger partial charge in [-0.25, -0.2) is 0 Å². The van der Waals surface area contributed by atoms with Crippen LogP contribution in [0.3, 0.4) is 0 Å². The Kier molecular flexibility index (Phi) is 2.02. The van der Waals surface area contributed by atoms with Gasteiger partial charge < -0.3 is 11.5 Å². The van der Waals surface area contributed by atoms with Crippen LogP contribution in [0.4, 0.5) is 5.69 Å². The number of nitrogens with zero attached hydrogens (tertiary/aromatic N) is 1. The first-order valence-electron chi connectivity index (χ1n) is 5.04. The van der Waals surface area contributed by atoms with Crippen molar-refractivity contribution >= 4 is 43.9 Å². The van der Waals surface area contributed by atoms with Gasteiger partial charge in [0.15, 0.2) is 0 Å². The predicted molar refractivity (Wildman–Crippen MR) is 70.1 cm³/mol. The van der Waals surface area contributed by atoms with Crippen molar-refractivity contribution in [3.63, 3.8) is 0 Å². The summed E-state index contributed by atoms with van der Waals surface area (Å²) in [4.78, 5) is 16.0. The van der Waals surface area contributed by atoms with Crippen molar-refractivity contribution in [3.8, 4) is 0 Å². The average Bonchev–Trinajstić information content (AvgIpc) is 2.67. The number of carbonyl (C=O) groups excluding carboxylic acids is 1. The number of thiophene rings is 1. The number of amides is 1. The van der Waals surface area contributed by atoms with Crippen molar-refractivity contribution in [1.29, 1.82) is 0 Å². The van der Waals surface area contributed by atoms with E-state index in [1.54, 1.807) is 6.20 Å². The Morgan fingerprint density at radius 1 is 1.24 bits per heavy atom. The number of aromatic nitrogens is 1. The van der Waals surface area contributed by atoms with Gasteiger partial charge in [-0.3, -0.25) is 9.78 Å². The molecule has 3 aromatic rings. The van der Waals surface area contributed by atoms with E-state index in [1.165, 1.54) is 11.3 Å². The van der Waals surface area contributed by atoms with Crippen molar-refractivity contribution in [2.24, 2.45) is 5.73 Å². The third kappa shape index (κ3) is 1.36. The van der Waals surface area contributed by atoms with Crippen LogP contribution in [0.25, 0.3) is 21.0 Å². The summed E-state index contributed by atoms with van der Waals surface area (Å²) >= 11 is 1.32. The van der Waals surface area contributed by atoms with E-state index < -0.39 is 5.91 Å². The van der Waals surface area contributed by atoms with Crippen LogP contribution in [0.1, 0.15) is 9.67 Å². The number of primary amides is 1. The van der Waals surface area contributed by atoms with Gasteiger partial charge in [-0.05, 0) is 6.07 Å². The maximum absolute atomic E-state index is 11.3. The third-order valence-electron chi connectivity index (χ3n) is 2.69. The average molecular weight is 243 g/mol. The number of pyridine rings is 1. The van der Waals surface area contributed by atoms with Crippen molar-refractivity contribution in [2.75, 3.05) is 5.73 Å². The lowest BCUT2D eigenvalue weighted by atomic mass is 10.1. The van der Waals surface area contributed by atoms with Gasteiger partial charge in [0.25, 0.3) is 5.91 Å². The van der Waals surface area contributed by atoms with Gasteiger partial charge in [-0.2, -0.15) is 0 Å². The van der Waals surface area contributed by atoms with E-state index in [1.807, 2.05) is 24.3 Å².